The van der Waals surface area contributed by atoms with Gasteiger partial charge >= 0.3 is 29.6 Å². The van der Waals surface area contributed by atoms with Crippen molar-refractivity contribution in [2.75, 3.05) is 0 Å². The van der Waals surface area contributed by atoms with Gasteiger partial charge in [-0.05, 0) is 29.3 Å². The molecule has 1 heterocycles. The molecule has 1 aromatic heterocycles. The third-order valence-electron chi connectivity index (χ3n) is 1.76. The Kier molecular flexibility index (Phi) is 4.69. The van der Waals surface area contributed by atoms with Crippen molar-refractivity contribution in [3.8, 4) is 5.69 Å². The fourth-order valence-electron chi connectivity index (χ4n) is 1.12. The van der Waals surface area contributed by atoms with Gasteiger partial charge < -0.3 is 4.55 Å². The molecule has 0 radical (unpaired) electrons. The Morgan fingerprint density at radius 3 is 2.40 bits per heavy atom. The van der Waals surface area contributed by atoms with Gasteiger partial charge in [0.2, 0.25) is 0 Å². The molecule has 0 spiro atoms. The van der Waals surface area contributed by atoms with Crippen molar-refractivity contribution in [3.05, 3.63) is 42.6 Å². The summed E-state index contributed by atoms with van der Waals surface area (Å²) < 4.78 is 22.7. The summed E-state index contributed by atoms with van der Waals surface area (Å²) in [5.41, 5.74) is 0.837. The number of rotatable bonds is 2. The Bertz CT molecular complexity index is 458. The molecule has 0 fully saturated rings. The van der Waals surface area contributed by atoms with Crippen LogP contribution in [0.4, 0.5) is 0 Å². The summed E-state index contributed by atoms with van der Waals surface area (Å²) in [6.07, 6.45) is 1.61. The number of nitrogens with zero attached hydrogens (tertiary/aromatic N) is 2. The molecule has 0 aliphatic rings. The summed E-state index contributed by atoms with van der Waals surface area (Å²) in [7, 11) is 0. The monoisotopic (exact) mass is 230 g/mol. The molecule has 0 aliphatic heterocycles. The second kappa shape index (κ2) is 5.58. The van der Waals surface area contributed by atoms with E-state index in [1.165, 1.54) is 10.7 Å². The van der Waals surface area contributed by atoms with E-state index in [4.69, 9.17) is 0 Å². The van der Waals surface area contributed by atoms with Crippen LogP contribution in [0.5, 0.6) is 0 Å². The van der Waals surface area contributed by atoms with Crippen molar-refractivity contribution < 1.29 is 38.3 Å². The Morgan fingerprint density at radius 1 is 1.20 bits per heavy atom. The summed E-state index contributed by atoms with van der Waals surface area (Å²) in [4.78, 5) is 0. The predicted molar refractivity (Wildman–Crippen MR) is 50.7 cm³/mol. The van der Waals surface area contributed by atoms with Gasteiger partial charge in [-0.2, -0.15) is 5.10 Å². The van der Waals surface area contributed by atoms with Crippen LogP contribution in [0, 0.1) is 0 Å². The van der Waals surface area contributed by atoms with Crippen molar-refractivity contribution in [1.29, 1.82) is 0 Å². The maximum Gasteiger partial charge on any atom is 1.00 e. The standard InChI is InChI=1S/C9H8N2O2S.Na/c12-14(13)9-6-7-11(10-9)8-4-2-1-3-5-8;/h1-7H,(H,12,13);/q;+1/p-1. The van der Waals surface area contributed by atoms with E-state index in [1.54, 1.807) is 6.20 Å². The quantitative estimate of drug-likeness (QED) is 0.448. The first-order valence-corrected chi connectivity index (χ1v) is 5.05. The fraction of sp³-hybridized carbons (Fsp3) is 0. The molecule has 0 saturated heterocycles. The van der Waals surface area contributed by atoms with E-state index in [9.17, 15) is 8.76 Å². The van der Waals surface area contributed by atoms with E-state index in [2.05, 4.69) is 5.10 Å². The summed E-state index contributed by atoms with van der Waals surface area (Å²) in [6.45, 7) is 0. The van der Waals surface area contributed by atoms with Gasteiger partial charge in [0.05, 0.1) is 5.69 Å². The van der Waals surface area contributed by atoms with Crippen LogP contribution in [0.2, 0.25) is 0 Å². The van der Waals surface area contributed by atoms with Crippen molar-refractivity contribution >= 4 is 11.1 Å². The molecule has 4 nitrogen and oxygen atoms in total. The van der Waals surface area contributed by atoms with Crippen molar-refractivity contribution in [2.45, 2.75) is 5.03 Å². The molecule has 0 N–H and O–H groups in total. The van der Waals surface area contributed by atoms with E-state index < -0.39 is 11.1 Å². The number of aromatic nitrogens is 2. The Labute approximate surface area is 112 Å². The molecule has 15 heavy (non-hydrogen) atoms. The van der Waals surface area contributed by atoms with Gasteiger partial charge in [-0.3, -0.25) is 4.21 Å². The molecule has 0 bridgehead atoms. The first kappa shape index (κ1) is 12.6. The third-order valence-corrected chi connectivity index (χ3v) is 2.32. The number of para-hydroxylation sites is 1. The molecule has 6 heteroatoms. The van der Waals surface area contributed by atoms with E-state index in [1.807, 2.05) is 30.3 Å². The Morgan fingerprint density at radius 2 is 1.87 bits per heavy atom. The molecule has 0 amide bonds. The van der Waals surface area contributed by atoms with Gasteiger partial charge in [0, 0.05) is 6.20 Å². The van der Waals surface area contributed by atoms with Crippen molar-refractivity contribution in [1.82, 2.24) is 9.78 Å². The SMILES string of the molecule is O=S([O-])c1ccn(-c2ccccc2)n1.[Na+]. The van der Waals surface area contributed by atoms with Gasteiger partial charge in [-0.25, -0.2) is 4.68 Å². The maximum atomic E-state index is 10.6. The van der Waals surface area contributed by atoms with Crippen LogP contribution < -0.4 is 29.6 Å². The molecule has 0 saturated carbocycles. The molecular weight excluding hydrogens is 223 g/mol. The zero-order chi connectivity index (χ0) is 9.97. The Balaban J connectivity index is 0.00000112. The minimum Gasteiger partial charge on any atom is -0.767 e. The van der Waals surface area contributed by atoms with E-state index in [0.717, 1.165) is 5.69 Å². The average molecular weight is 230 g/mol. The normalized spacial score (nSPS) is 11.8. The van der Waals surface area contributed by atoms with Crippen LogP contribution in [0.1, 0.15) is 0 Å². The van der Waals surface area contributed by atoms with E-state index >= 15 is 0 Å². The van der Waals surface area contributed by atoms with Crippen LogP contribution in [-0.4, -0.2) is 18.5 Å². The molecular formula is C9H7N2NaO2S. The molecule has 1 atom stereocenters. The largest absolute Gasteiger partial charge is 1.00 e. The van der Waals surface area contributed by atoms with E-state index in [0.29, 0.717) is 0 Å². The van der Waals surface area contributed by atoms with E-state index in [-0.39, 0.29) is 34.6 Å². The van der Waals surface area contributed by atoms with Crippen molar-refractivity contribution in [3.63, 3.8) is 0 Å². The summed E-state index contributed by atoms with van der Waals surface area (Å²) in [5, 5.41) is 3.93. The molecule has 72 valence electrons. The minimum atomic E-state index is -2.26. The van der Waals surface area contributed by atoms with Crippen LogP contribution in [0.15, 0.2) is 47.6 Å². The van der Waals surface area contributed by atoms with Gasteiger partial charge in [-0.1, -0.05) is 18.2 Å². The smallest absolute Gasteiger partial charge is 0.767 e. The first-order chi connectivity index (χ1) is 6.77. The second-order valence-corrected chi connectivity index (χ2v) is 3.56. The van der Waals surface area contributed by atoms with Crippen LogP contribution in [0.3, 0.4) is 0 Å². The zero-order valence-corrected chi connectivity index (χ0v) is 11.0. The van der Waals surface area contributed by atoms with Crippen molar-refractivity contribution in [2.24, 2.45) is 0 Å². The van der Waals surface area contributed by atoms with Crippen LogP contribution >= 0.6 is 0 Å². The maximum absolute atomic E-state index is 10.6. The molecule has 0 aliphatic carbocycles. The first-order valence-electron chi connectivity index (χ1n) is 3.98. The minimum absolute atomic E-state index is 0. The molecule has 2 rings (SSSR count). The topological polar surface area (TPSA) is 57.9 Å². The zero-order valence-electron chi connectivity index (χ0n) is 8.16. The Hall–Kier alpha value is -0.460. The van der Waals surface area contributed by atoms with Crippen LogP contribution in [0.25, 0.3) is 5.69 Å². The van der Waals surface area contributed by atoms with Gasteiger partial charge in [0.15, 0.2) is 0 Å². The van der Waals surface area contributed by atoms with Crippen LogP contribution in [-0.2, 0) is 11.1 Å². The summed E-state index contributed by atoms with van der Waals surface area (Å²) in [5.74, 6) is 0. The second-order valence-electron chi connectivity index (χ2n) is 2.67. The fourth-order valence-corrected chi connectivity index (χ4v) is 1.45. The van der Waals surface area contributed by atoms with Gasteiger partial charge in [0.25, 0.3) is 0 Å². The molecule has 1 unspecified atom stereocenters. The summed E-state index contributed by atoms with van der Waals surface area (Å²) >= 11 is -2.26. The number of hydrogen-bond donors (Lipinski definition) is 0. The van der Waals surface area contributed by atoms with Gasteiger partial charge in [-0.15, -0.1) is 0 Å². The average Bonchev–Trinajstić information content (AvgIpc) is 2.68. The van der Waals surface area contributed by atoms with Gasteiger partial charge in [0.1, 0.15) is 5.03 Å². The summed E-state index contributed by atoms with van der Waals surface area (Å²) in [6, 6.07) is 10.8. The molecule has 1 aromatic carbocycles. The molecule has 2 aromatic rings. The third kappa shape index (κ3) is 2.99. The number of hydrogen-bond acceptors (Lipinski definition) is 3. The number of benzene rings is 1. The predicted octanol–water partition coefficient (Wildman–Crippen LogP) is -1.89.